The van der Waals surface area contributed by atoms with E-state index in [2.05, 4.69) is 6.92 Å². The van der Waals surface area contributed by atoms with Crippen LogP contribution in [-0.4, -0.2) is 18.5 Å². The van der Waals surface area contributed by atoms with E-state index in [4.69, 9.17) is 21.1 Å². The van der Waals surface area contributed by atoms with E-state index in [1.54, 1.807) is 18.2 Å². The van der Waals surface area contributed by atoms with Gasteiger partial charge >= 0.3 is 11.9 Å². The Hall–Kier alpha value is -1.55. The highest BCUT2D eigenvalue weighted by Gasteiger charge is 2.08. The molecule has 0 radical (unpaired) electrons. The summed E-state index contributed by atoms with van der Waals surface area (Å²) in [5.41, 5.74) is 0.864. The number of rotatable bonds is 11. The van der Waals surface area contributed by atoms with Gasteiger partial charge in [0.25, 0.3) is 0 Å². The Morgan fingerprint density at radius 2 is 1.71 bits per heavy atom. The SMILES string of the molecule is CCCCCCOC(=O)CCCCC(=O)Oc1ccc(Cl)c(C)c1. The molecule has 0 atom stereocenters. The molecule has 0 aliphatic heterocycles. The number of halogens is 1. The largest absolute Gasteiger partial charge is 0.466 e. The van der Waals surface area contributed by atoms with Crippen LogP contribution in [0.4, 0.5) is 0 Å². The van der Waals surface area contributed by atoms with Crippen LogP contribution < -0.4 is 4.74 Å². The Morgan fingerprint density at radius 1 is 1.00 bits per heavy atom. The summed E-state index contributed by atoms with van der Waals surface area (Å²) in [4.78, 5) is 23.3. The second kappa shape index (κ2) is 11.9. The molecule has 0 aliphatic rings. The average Bonchev–Trinajstić information content (AvgIpc) is 2.55. The summed E-state index contributed by atoms with van der Waals surface area (Å²) in [5, 5.41) is 0.642. The standard InChI is InChI=1S/C19H27ClO4/c1-3-4-5-8-13-23-18(21)9-6-7-10-19(22)24-16-11-12-17(20)15(2)14-16/h11-12,14H,3-10,13H2,1-2H3. The molecule has 0 saturated carbocycles. The van der Waals surface area contributed by atoms with E-state index in [1.807, 2.05) is 6.92 Å². The molecule has 1 aromatic carbocycles. The van der Waals surface area contributed by atoms with E-state index < -0.39 is 0 Å². The van der Waals surface area contributed by atoms with Crippen molar-refractivity contribution in [3.63, 3.8) is 0 Å². The first-order valence-electron chi connectivity index (χ1n) is 8.65. The molecule has 134 valence electrons. The van der Waals surface area contributed by atoms with Crippen molar-refractivity contribution >= 4 is 23.5 Å². The van der Waals surface area contributed by atoms with Gasteiger partial charge in [-0.15, -0.1) is 0 Å². The molecule has 0 spiro atoms. The molecule has 0 bridgehead atoms. The molecule has 0 saturated heterocycles. The highest BCUT2D eigenvalue weighted by atomic mass is 35.5. The number of esters is 2. The highest BCUT2D eigenvalue weighted by molar-refractivity contribution is 6.31. The summed E-state index contributed by atoms with van der Waals surface area (Å²) in [7, 11) is 0. The van der Waals surface area contributed by atoms with Gasteiger partial charge in [0.2, 0.25) is 0 Å². The molecule has 0 fully saturated rings. The van der Waals surface area contributed by atoms with E-state index in [0.717, 1.165) is 18.4 Å². The molecule has 24 heavy (non-hydrogen) atoms. The maximum absolute atomic E-state index is 11.8. The molecule has 4 nitrogen and oxygen atoms in total. The summed E-state index contributed by atoms with van der Waals surface area (Å²) >= 11 is 5.93. The summed E-state index contributed by atoms with van der Waals surface area (Å²) < 4.78 is 10.4. The van der Waals surface area contributed by atoms with Crippen molar-refractivity contribution in [1.29, 1.82) is 0 Å². The maximum atomic E-state index is 11.8. The van der Waals surface area contributed by atoms with Crippen molar-refractivity contribution in [2.75, 3.05) is 6.61 Å². The van der Waals surface area contributed by atoms with Crippen LogP contribution in [0.15, 0.2) is 18.2 Å². The molecular formula is C19H27ClO4. The summed E-state index contributed by atoms with van der Waals surface area (Å²) in [6, 6.07) is 5.11. The highest BCUT2D eigenvalue weighted by Crippen LogP contribution is 2.21. The van der Waals surface area contributed by atoms with Crippen LogP contribution in [0.2, 0.25) is 5.02 Å². The summed E-state index contributed by atoms with van der Waals surface area (Å²) in [5.74, 6) is 0.00577. The fraction of sp³-hybridized carbons (Fsp3) is 0.579. The van der Waals surface area contributed by atoms with Crippen LogP contribution in [0.3, 0.4) is 0 Å². The van der Waals surface area contributed by atoms with Gasteiger partial charge in [-0.3, -0.25) is 9.59 Å². The number of ether oxygens (including phenoxy) is 2. The lowest BCUT2D eigenvalue weighted by Gasteiger charge is -2.06. The quantitative estimate of drug-likeness (QED) is 0.310. The summed E-state index contributed by atoms with van der Waals surface area (Å²) in [6.45, 7) is 4.50. The van der Waals surface area contributed by atoms with Crippen LogP contribution in [-0.2, 0) is 14.3 Å². The van der Waals surface area contributed by atoms with Crippen LogP contribution in [0.1, 0.15) is 63.9 Å². The fourth-order valence-electron chi connectivity index (χ4n) is 2.19. The van der Waals surface area contributed by atoms with Gasteiger partial charge < -0.3 is 9.47 Å². The topological polar surface area (TPSA) is 52.6 Å². The molecular weight excluding hydrogens is 328 g/mol. The minimum absolute atomic E-state index is 0.187. The number of hydrogen-bond acceptors (Lipinski definition) is 4. The third-order valence-corrected chi connectivity index (χ3v) is 4.06. The Bertz CT molecular complexity index is 528. The van der Waals surface area contributed by atoms with Crippen molar-refractivity contribution in [3.8, 4) is 5.75 Å². The van der Waals surface area contributed by atoms with Crippen molar-refractivity contribution in [1.82, 2.24) is 0 Å². The van der Waals surface area contributed by atoms with Crippen molar-refractivity contribution < 1.29 is 19.1 Å². The number of unbranched alkanes of at least 4 members (excludes halogenated alkanes) is 4. The van der Waals surface area contributed by atoms with Crippen LogP contribution >= 0.6 is 11.6 Å². The predicted octanol–water partition coefficient (Wildman–Crippen LogP) is 5.24. The third kappa shape index (κ3) is 8.92. The number of aryl methyl sites for hydroxylation is 1. The molecule has 0 amide bonds. The second-order valence-corrected chi connectivity index (χ2v) is 6.28. The van der Waals surface area contributed by atoms with Crippen LogP contribution in [0.5, 0.6) is 5.75 Å². The van der Waals surface area contributed by atoms with Gasteiger partial charge in [-0.1, -0.05) is 37.8 Å². The second-order valence-electron chi connectivity index (χ2n) is 5.87. The van der Waals surface area contributed by atoms with Gasteiger partial charge in [-0.2, -0.15) is 0 Å². The molecule has 5 heteroatoms. The Kier molecular flexibility index (Phi) is 10.2. The first-order chi connectivity index (χ1) is 11.5. The molecule has 0 unspecified atom stereocenters. The van der Waals surface area contributed by atoms with E-state index >= 15 is 0 Å². The number of benzene rings is 1. The van der Waals surface area contributed by atoms with E-state index in [1.165, 1.54) is 12.8 Å². The van der Waals surface area contributed by atoms with Gasteiger partial charge in [0.05, 0.1) is 6.61 Å². The molecule has 1 aromatic rings. The zero-order valence-electron chi connectivity index (χ0n) is 14.6. The van der Waals surface area contributed by atoms with Crippen LogP contribution in [0, 0.1) is 6.92 Å². The monoisotopic (exact) mass is 354 g/mol. The van der Waals surface area contributed by atoms with E-state index in [-0.39, 0.29) is 18.4 Å². The van der Waals surface area contributed by atoms with Crippen molar-refractivity contribution in [3.05, 3.63) is 28.8 Å². The van der Waals surface area contributed by atoms with Crippen molar-refractivity contribution in [2.45, 2.75) is 65.2 Å². The van der Waals surface area contributed by atoms with Gasteiger partial charge in [0, 0.05) is 17.9 Å². The number of carbonyl (C=O) groups excluding carboxylic acids is 2. The lowest BCUT2D eigenvalue weighted by atomic mass is 10.2. The Labute approximate surface area is 149 Å². The first-order valence-corrected chi connectivity index (χ1v) is 9.03. The Morgan fingerprint density at radius 3 is 2.38 bits per heavy atom. The molecule has 0 heterocycles. The third-order valence-electron chi connectivity index (χ3n) is 3.63. The summed E-state index contributed by atoms with van der Waals surface area (Å²) in [6.07, 6.45) is 6.23. The van der Waals surface area contributed by atoms with Gasteiger partial charge in [0.15, 0.2) is 0 Å². The van der Waals surface area contributed by atoms with Crippen molar-refractivity contribution in [2.24, 2.45) is 0 Å². The van der Waals surface area contributed by atoms with Gasteiger partial charge in [-0.05, 0) is 49.9 Å². The zero-order valence-corrected chi connectivity index (χ0v) is 15.4. The molecule has 0 aromatic heterocycles. The number of hydrogen-bond donors (Lipinski definition) is 0. The maximum Gasteiger partial charge on any atom is 0.311 e. The Balaban J connectivity index is 2.10. The fourth-order valence-corrected chi connectivity index (χ4v) is 2.31. The lowest BCUT2D eigenvalue weighted by molar-refractivity contribution is -0.144. The first kappa shape index (κ1) is 20.5. The lowest BCUT2D eigenvalue weighted by Crippen LogP contribution is -2.09. The molecule has 0 N–H and O–H groups in total. The van der Waals surface area contributed by atoms with Crippen LogP contribution in [0.25, 0.3) is 0 Å². The zero-order chi connectivity index (χ0) is 17.8. The minimum Gasteiger partial charge on any atom is -0.466 e. The molecule has 0 aliphatic carbocycles. The molecule has 1 rings (SSSR count). The average molecular weight is 355 g/mol. The predicted molar refractivity (Wildman–Crippen MR) is 95.4 cm³/mol. The van der Waals surface area contributed by atoms with E-state index in [9.17, 15) is 9.59 Å². The normalized spacial score (nSPS) is 10.5. The van der Waals surface area contributed by atoms with E-state index in [0.29, 0.717) is 36.6 Å². The number of carbonyl (C=O) groups is 2. The van der Waals surface area contributed by atoms with Gasteiger partial charge in [0.1, 0.15) is 5.75 Å². The van der Waals surface area contributed by atoms with Gasteiger partial charge in [-0.25, -0.2) is 0 Å². The minimum atomic E-state index is -0.301. The smallest absolute Gasteiger partial charge is 0.311 e.